The van der Waals surface area contributed by atoms with Gasteiger partial charge in [0, 0.05) is 6.54 Å². The number of hydrogen-bond donors (Lipinski definition) is 2. The molecule has 3 rings (SSSR count). The second-order valence-electron chi connectivity index (χ2n) is 5.28. The average molecular weight is 401 g/mol. The van der Waals surface area contributed by atoms with E-state index in [9.17, 15) is 26.3 Å². The van der Waals surface area contributed by atoms with Crippen LogP contribution in [0.15, 0.2) is 24.3 Å². The first-order valence-corrected chi connectivity index (χ1v) is 7.45. The summed E-state index contributed by atoms with van der Waals surface area (Å²) in [5.41, 5.74) is 5.93. The molecule has 0 unspecified atom stereocenters. The highest BCUT2D eigenvalue weighted by Gasteiger charge is 2.28. The number of nitrogens with one attached hydrogen (secondary N) is 1. The van der Waals surface area contributed by atoms with Gasteiger partial charge < -0.3 is 15.8 Å². The number of rotatable bonds is 5. The van der Waals surface area contributed by atoms with E-state index >= 15 is 0 Å². The molecule has 0 amide bonds. The molecule has 0 atom stereocenters. The van der Waals surface area contributed by atoms with Crippen LogP contribution in [0.3, 0.4) is 0 Å². The second kappa shape index (κ2) is 7.58. The van der Waals surface area contributed by atoms with E-state index in [1.165, 1.54) is 18.2 Å². The number of nitrogens with zero attached hydrogens (tertiary/aromatic N) is 3. The van der Waals surface area contributed by atoms with Gasteiger partial charge in [-0.1, -0.05) is 12.1 Å². The first-order chi connectivity index (χ1) is 13.3. The predicted octanol–water partition coefficient (Wildman–Crippen LogP) is 3.69. The second-order valence-corrected chi connectivity index (χ2v) is 5.28. The van der Waals surface area contributed by atoms with Gasteiger partial charge in [-0.05, 0) is 17.7 Å². The number of nitrogen functional groups attached to an aromatic ring is 1. The maximum absolute atomic E-state index is 13.7. The molecule has 0 aliphatic rings. The highest BCUT2D eigenvalue weighted by atomic mass is 19.2. The molecular formula is C16H9F6N5O. The van der Waals surface area contributed by atoms with Crippen LogP contribution in [0, 0.1) is 34.9 Å². The lowest BCUT2D eigenvalue weighted by molar-refractivity contribution is 0.322. The summed E-state index contributed by atoms with van der Waals surface area (Å²) >= 11 is 0. The topological polar surface area (TPSA) is 86.0 Å². The molecule has 28 heavy (non-hydrogen) atoms. The summed E-state index contributed by atoms with van der Waals surface area (Å²) in [5.74, 6) is -13.9. The van der Waals surface area contributed by atoms with Gasteiger partial charge in [0.2, 0.25) is 46.7 Å². The smallest absolute Gasteiger partial charge is 0.328 e. The van der Waals surface area contributed by atoms with Crippen LogP contribution in [0.4, 0.5) is 38.2 Å². The molecule has 0 radical (unpaired) electrons. The Morgan fingerprint density at radius 1 is 0.857 bits per heavy atom. The average Bonchev–Trinajstić information content (AvgIpc) is 2.66. The molecule has 1 heterocycles. The zero-order valence-electron chi connectivity index (χ0n) is 13.6. The van der Waals surface area contributed by atoms with Crippen LogP contribution in [0.5, 0.6) is 11.8 Å². The van der Waals surface area contributed by atoms with Crippen molar-refractivity contribution in [3.63, 3.8) is 0 Å². The third kappa shape index (κ3) is 3.89. The van der Waals surface area contributed by atoms with Gasteiger partial charge in [-0.2, -0.15) is 23.7 Å². The Hall–Kier alpha value is -3.57. The molecule has 2 aromatic carbocycles. The predicted molar refractivity (Wildman–Crippen MR) is 84.3 cm³/mol. The van der Waals surface area contributed by atoms with E-state index in [0.717, 1.165) is 0 Å². The first-order valence-electron chi connectivity index (χ1n) is 7.45. The summed E-state index contributed by atoms with van der Waals surface area (Å²) in [6.07, 6.45) is 0. The Morgan fingerprint density at radius 2 is 1.50 bits per heavy atom. The van der Waals surface area contributed by atoms with Gasteiger partial charge >= 0.3 is 6.01 Å². The normalized spacial score (nSPS) is 10.8. The molecule has 0 saturated carbocycles. The van der Waals surface area contributed by atoms with Crippen molar-refractivity contribution in [3.05, 3.63) is 64.7 Å². The SMILES string of the molecule is Nc1nc(NCc2cccc(F)c2)nc(Oc2c(F)c(F)c(F)c(F)c2F)n1. The fourth-order valence-electron chi connectivity index (χ4n) is 2.09. The molecular weight excluding hydrogens is 392 g/mol. The molecule has 3 N–H and O–H groups in total. The highest BCUT2D eigenvalue weighted by molar-refractivity contribution is 5.37. The number of aromatic nitrogens is 3. The fourth-order valence-corrected chi connectivity index (χ4v) is 2.09. The van der Waals surface area contributed by atoms with Crippen LogP contribution in [0.25, 0.3) is 0 Å². The molecule has 3 aromatic rings. The minimum atomic E-state index is -2.34. The molecule has 0 fully saturated rings. The van der Waals surface area contributed by atoms with Crippen molar-refractivity contribution in [3.8, 4) is 11.8 Å². The van der Waals surface area contributed by atoms with E-state index < -0.39 is 52.6 Å². The summed E-state index contributed by atoms with van der Waals surface area (Å²) < 4.78 is 84.7. The molecule has 146 valence electrons. The van der Waals surface area contributed by atoms with Crippen molar-refractivity contribution in [1.29, 1.82) is 0 Å². The number of anilines is 2. The van der Waals surface area contributed by atoms with Crippen LogP contribution in [-0.4, -0.2) is 15.0 Å². The Labute approximate surface area is 153 Å². The number of ether oxygens (including phenoxy) is 1. The Morgan fingerprint density at radius 3 is 2.14 bits per heavy atom. The molecule has 1 aromatic heterocycles. The lowest BCUT2D eigenvalue weighted by atomic mass is 10.2. The van der Waals surface area contributed by atoms with Crippen LogP contribution in [-0.2, 0) is 6.54 Å². The number of halogens is 6. The highest BCUT2D eigenvalue weighted by Crippen LogP contribution is 2.31. The maximum Gasteiger partial charge on any atom is 0.328 e. The lowest BCUT2D eigenvalue weighted by Crippen LogP contribution is -2.10. The summed E-state index contributed by atoms with van der Waals surface area (Å²) in [4.78, 5) is 10.7. The minimum absolute atomic E-state index is 0.0309. The number of hydrogen-bond acceptors (Lipinski definition) is 6. The first kappa shape index (κ1) is 19.2. The van der Waals surface area contributed by atoms with Gasteiger partial charge in [0.15, 0.2) is 0 Å². The minimum Gasteiger partial charge on any atom is -0.418 e. The van der Waals surface area contributed by atoms with Gasteiger partial charge in [0.1, 0.15) is 5.82 Å². The van der Waals surface area contributed by atoms with Gasteiger partial charge in [-0.15, -0.1) is 0 Å². The van der Waals surface area contributed by atoms with E-state index in [1.807, 2.05) is 0 Å². The van der Waals surface area contributed by atoms with Crippen molar-refractivity contribution < 1.29 is 31.1 Å². The van der Waals surface area contributed by atoms with Gasteiger partial charge in [-0.3, -0.25) is 0 Å². The van der Waals surface area contributed by atoms with Gasteiger partial charge in [-0.25, -0.2) is 17.6 Å². The Kier molecular flexibility index (Phi) is 5.20. The third-order valence-corrected chi connectivity index (χ3v) is 3.33. The van der Waals surface area contributed by atoms with E-state index in [2.05, 4.69) is 25.0 Å². The number of benzene rings is 2. The lowest BCUT2D eigenvalue weighted by Gasteiger charge is -2.10. The van der Waals surface area contributed by atoms with E-state index in [0.29, 0.717) is 5.56 Å². The standard InChI is InChI=1S/C16H9F6N5O/c17-7-3-1-2-6(4-7)5-24-15-25-14(23)26-16(27-15)28-13-11(21)9(19)8(18)10(20)12(13)22/h1-4H,5H2,(H3,23,24,25,26,27). The summed E-state index contributed by atoms with van der Waals surface area (Å²) in [6.45, 7) is 0.0309. The molecule has 0 spiro atoms. The van der Waals surface area contributed by atoms with Crippen molar-refractivity contribution >= 4 is 11.9 Å². The molecule has 12 heteroatoms. The van der Waals surface area contributed by atoms with Gasteiger partial charge in [0.05, 0.1) is 0 Å². The van der Waals surface area contributed by atoms with E-state index in [-0.39, 0.29) is 12.5 Å². The quantitative estimate of drug-likeness (QED) is 0.385. The van der Waals surface area contributed by atoms with Crippen molar-refractivity contribution in [2.45, 2.75) is 6.54 Å². The largest absolute Gasteiger partial charge is 0.418 e. The van der Waals surface area contributed by atoms with Crippen molar-refractivity contribution in [2.24, 2.45) is 0 Å². The Balaban J connectivity index is 1.86. The molecule has 0 saturated heterocycles. The molecule has 0 bridgehead atoms. The van der Waals surface area contributed by atoms with Crippen LogP contribution < -0.4 is 15.8 Å². The van der Waals surface area contributed by atoms with Crippen LogP contribution in [0.2, 0.25) is 0 Å². The fraction of sp³-hybridized carbons (Fsp3) is 0.0625. The van der Waals surface area contributed by atoms with Crippen molar-refractivity contribution in [2.75, 3.05) is 11.1 Å². The monoisotopic (exact) mass is 401 g/mol. The van der Waals surface area contributed by atoms with Crippen LogP contribution in [0.1, 0.15) is 5.56 Å². The van der Waals surface area contributed by atoms with Crippen LogP contribution >= 0.6 is 0 Å². The zero-order chi connectivity index (χ0) is 20.4. The maximum atomic E-state index is 13.7. The third-order valence-electron chi connectivity index (χ3n) is 3.33. The summed E-state index contributed by atoms with van der Waals surface area (Å²) in [5, 5.41) is 2.63. The van der Waals surface area contributed by atoms with Crippen molar-refractivity contribution in [1.82, 2.24) is 15.0 Å². The molecule has 6 nitrogen and oxygen atoms in total. The van der Waals surface area contributed by atoms with E-state index in [4.69, 9.17) is 5.73 Å². The van der Waals surface area contributed by atoms with Gasteiger partial charge in [0.25, 0.3) is 0 Å². The van der Waals surface area contributed by atoms with E-state index in [1.54, 1.807) is 6.07 Å². The molecule has 0 aliphatic heterocycles. The zero-order valence-corrected chi connectivity index (χ0v) is 13.6. The summed E-state index contributed by atoms with van der Waals surface area (Å²) in [6, 6.07) is 4.69. The molecule has 0 aliphatic carbocycles. The number of nitrogens with two attached hydrogens (primary N) is 1. The Bertz CT molecular complexity index is 1020. The summed E-state index contributed by atoms with van der Waals surface area (Å²) in [7, 11) is 0.